The highest BCUT2D eigenvalue weighted by Crippen LogP contribution is 2.34. The van der Waals surface area contributed by atoms with Crippen LogP contribution in [0.5, 0.6) is 11.5 Å². The number of carbonyl (C=O) groups is 1. The van der Waals surface area contributed by atoms with Gasteiger partial charge in [0, 0.05) is 11.8 Å². The number of aromatic nitrogens is 2. The molecule has 1 aliphatic heterocycles. The average molecular weight is 375 g/mol. The van der Waals surface area contributed by atoms with Gasteiger partial charge in [-0.25, -0.2) is 4.98 Å². The van der Waals surface area contributed by atoms with Crippen molar-refractivity contribution >= 4 is 44.9 Å². The molecule has 1 aliphatic rings. The first-order chi connectivity index (χ1) is 12.1. The SMILES string of the molecule is Cc1csc2nc(SCC(=O)Nc3ccc4c(c3)OCO4)[nH]c(=O)c12. The van der Waals surface area contributed by atoms with E-state index < -0.39 is 0 Å². The third-order valence-electron chi connectivity index (χ3n) is 3.60. The van der Waals surface area contributed by atoms with E-state index in [2.05, 4.69) is 15.3 Å². The zero-order valence-corrected chi connectivity index (χ0v) is 14.8. The van der Waals surface area contributed by atoms with Gasteiger partial charge in [0.2, 0.25) is 12.7 Å². The van der Waals surface area contributed by atoms with E-state index in [-0.39, 0.29) is 24.0 Å². The van der Waals surface area contributed by atoms with Gasteiger partial charge in [0.25, 0.3) is 5.56 Å². The summed E-state index contributed by atoms with van der Waals surface area (Å²) in [5.74, 6) is 1.20. The van der Waals surface area contributed by atoms with Crippen LogP contribution in [0.2, 0.25) is 0 Å². The molecule has 1 amide bonds. The predicted octanol–water partition coefficient (Wildman–Crippen LogP) is 2.75. The summed E-state index contributed by atoms with van der Waals surface area (Å²) in [5, 5.41) is 5.72. The highest BCUT2D eigenvalue weighted by molar-refractivity contribution is 7.99. The number of amides is 1. The van der Waals surface area contributed by atoms with Crippen LogP contribution in [0.4, 0.5) is 5.69 Å². The van der Waals surface area contributed by atoms with Crippen molar-refractivity contribution in [3.8, 4) is 11.5 Å². The van der Waals surface area contributed by atoms with Crippen LogP contribution >= 0.6 is 23.1 Å². The molecule has 0 saturated heterocycles. The summed E-state index contributed by atoms with van der Waals surface area (Å²) in [4.78, 5) is 32.0. The number of ether oxygens (including phenoxy) is 2. The maximum absolute atomic E-state index is 12.1. The second-order valence-corrected chi connectivity index (χ2v) is 7.20. The number of hydrogen-bond donors (Lipinski definition) is 2. The fraction of sp³-hybridized carbons (Fsp3) is 0.188. The van der Waals surface area contributed by atoms with Crippen LogP contribution < -0.4 is 20.3 Å². The van der Waals surface area contributed by atoms with E-state index in [0.717, 1.165) is 5.56 Å². The average Bonchev–Trinajstić information content (AvgIpc) is 3.19. The lowest BCUT2D eigenvalue weighted by molar-refractivity contribution is -0.113. The molecular weight excluding hydrogens is 362 g/mol. The maximum atomic E-state index is 12.1. The smallest absolute Gasteiger partial charge is 0.260 e. The molecule has 25 heavy (non-hydrogen) atoms. The van der Waals surface area contributed by atoms with E-state index in [1.807, 2.05) is 12.3 Å². The minimum Gasteiger partial charge on any atom is -0.454 e. The van der Waals surface area contributed by atoms with Gasteiger partial charge >= 0.3 is 0 Å². The Balaban J connectivity index is 1.43. The van der Waals surface area contributed by atoms with Gasteiger partial charge in [-0.05, 0) is 30.0 Å². The number of rotatable bonds is 4. The molecule has 0 unspecified atom stereocenters. The fourth-order valence-corrected chi connectivity index (χ4v) is 4.08. The third-order valence-corrected chi connectivity index (χ3v) is 5.47. The number of thiophene rings is 1. The lowest BCUT2D eigenvalue weighted by Crippen LogP contribution is -2.15. The van der Waals surface area contributed by atoms with Gasteiger partial charge in [0.1, 0.15) is 4.83 Å². The first kappa shape index (κ1) is 16.0. The monoisotopic (exact) mass is 375 g/mol. The summed E-state index contributed by atoms with van der Waals surface area (Å²) in [6, 6.07) is 5.21. The van der Waals surface area contributed by atoms with Crippen molar-refractivity contribution in [2.45, 2.75) is 12.1 Å². The van der Waals surface area contributed by atoms with E-state index in [0.29, 0.717) is 32.6 Å². The summed E-state index contributed by atoms with van der Waals surface area (Å²) >= 11 is 2.60. The lowest BCUT2D eigenvalue weighted by Gasteiger charge is -2.06. The Bertz CT molecular complexity index is 1030. The molecule has 0 bridgehead atoms. The first-order valence-electron chi connectivity index (χ1n) is 7.40. The Morgan fingerprint density at radius 1 is 1.40 bits per heavy atom. The second-order valence-electron chi connectivity index (χ2n) is 5.37. The molecular formula is C16H13N3O4S2. The fourth-order valence-electron chi connectivity index (χ4n) is 2.44. The quantitative estimate of drug-likeness (QED) is 0.538. The number of nitrogens with zero attached hydrogens (tertiary/aromatic N) is 1. The Morgan fingerprint density at radius 2 is 2.24 bits per heavy atom. The minimum absolute atomic E-state index is 0.132. The van der Waals surface area contributed by atoms with Gasteiger partial charge in [-0.15, -0.1) is 11.3 Å². The van der Waals surface area contributed by atoms with Crippen LogP contribution in [0.15, 0.2) is 33.5 Å². The molecule has 2 aromatic heterocycles. The largest absolute Gasteiger partial charge is 0.454 e. The Kier molecular flexibility index (Phi) is 4.10. The summed E-state index contributed by atoms with van der Waals surface area (Å²) < 4.78 is 10.5. The van der Waals surface area contributed by atoms with Crippen molar-refractivity contribution in [3.63, 3.8) is 0 Å². The predicted molar refractivity (Wildman–Crippen MR) is 96.9 cm³/mol. The van der Waals surface area contributed by atoms with Crippen LogP contribution in [0.3, 0.4) is 0 Å². The number of aryl methyl sites for hydroxylation is 1. The molecule has 9 heteroatoms. The standard InChI is InChI=1S/C16H13N3O4S2/c1-8-5-24-15-13(8)14(21)18-16(19-15)25-6-12(20)17-9-2-3-10-11(4-9)23-7-22-10/h2-5H,6-7H2,1H3,(H,17,20)(H,18,19,21). The van der Waals surface area contributed by atoms with Gasteiger partial charge in [-0.3, -0.25) is 9.59 Å². The van der Waals surface area contributed by atoms with Crippen molar-refractivity contribution in [1.29, 1.82) is 0 Å². The maximum Gasteiger partial charge on any atom is 0.260 e. The first-order valence-corrected chi connectivity index (χ1v) is 9.27. The second kappa shape index (κ2) is 6.41. The summed E-state index contributed by atoms with van der Waals surface area (Å²) in [5.41, 5.74) is 1.36. The number of fused-ring (bicyclic) bond motifs is 2. The number of nitrogens with one attached hydrogen (secondary N) is 2. The van der Waals surface area contributed by atoms with E-state index in [9.17, 15) is 9.59 Å². The summed E-state index contributed by atoms with van der Waals surface area (Å²) in [7, 11) is 0. The van der Waals surface area contributed by atoms with Crippen molar-refractivity contribution in [2.75, 3.05) is 17.9 Å². The van der Waals surface area contributed by atoms with Crippen LogP contribution in [-0.4, -0.2) is 28.4 Å². The van der Waals surface area contributed by atoms with Crippen molar-refractivity contribution in [1.82, 2.24) is 9.97 Å². The highest BCUT2D eigenvalue weighted by Gasteiger charge is 2.15. The molecule has 4 rings (SSSR count). The highest BCUT2D eigenvalue weighted by atomic mass is 32.2. The van der Waals surface area contributed by atoms with Crippen LogP contribution in [-0.2, 0) is 4.79 Å². The van der Waals surface area contributed by atoms with Gasteiger partial charge < -0.3 is 19.8 Å². The molecule has 1 aromatic carbocycles. The number of anilines is 1. The van der Waals surface area contributed by atoms with Gasteiger partial charge in [0.15, 0.2) is 16.7 Å². The minimum atomic E-state index is -0.200. The number of thioether (sulfide) groups is 1. The molecule has 0 atom stereocenters. The number of carbonyl (C=O) groups excluding carboxylic acids is 1. The molecule has 128 valence electrons. The Morgan fingerprint density at radius 3 is 3.12 bits per heavy atom. The molecule has 2 N–H and O–H groups in total. The normalized spacial score (nSPS) is 12.5. The molecule has 3 aromatic rings. The lowest BCUT2D eigenvalue weighted by atomic mass is 10.3. The van der Waals surface area contributed by atoms with E-state index >= 15 is 0 Å². The van der Waals surface area contributed by atoms with Gasteiger partial charge in [0.05, 0.1) is 11.1 Å². The van der Waals surface area contributed by atoms with Crippen LogP contribution in [0, 0.1) is 6.92 Å². The third kappa shape index (κ3) is 3.20. The Hall–Kier alpha value is -2.52. The van der Waals surface area contributed by atoms with E-state index in [1.165, 1.54) is 23.1 Å². The summed E-state index contributed by atoms with van der Waals surface area (Å²) in [6.07, 6.45) is 0. The van der Waals surface area contributed by atoms with Crippen molar-refractivity contribution in [2.24, 2.45) is 0 Å². The van der Waals surface area contributed by atoms with Crippen molar-refractivity contribution in [3.05, 3.63) is 39.5 Å². The molecule has 0 saturated carbocycles. The van der Waals surface area contributed by atoms with Gasteiger partial charge in [-0.1, -0.05) is 11.8 Å². The van der Waals surface area contributed by atoms with E-state index in [1.54, 1.807) is 18.2 Å². The molecule has 7 nitrogen and oxygen atoms in total. The number of aromatic amines is 1. The zero-order chi connectivity index (χ0) is 17.4. The van der Waals surface area contributed by atoms with Crippen molar-refractivity contribution < 1.29 is 14.3 Å². The molecule has 0 radical (unpaired) electrons. The molecule has 0 spiro atoms. The molecule has 0 aliphatic carbocycles. The number of benzene rings is 1. The van der Waals surface area contributed by atoms with E-state index in [4.69, 9.17) is 9.47 Å². The number of H-pyrrole nitrogens is 1. The van der Waals surface area contributed by atoms with Crippen LogP contribution in [0.1, 0.15) is 5.56 Å². The summed E-state index contributed by atoms with van der Waals surface area (Å²) in [6.45, 7) is 2.06. The van der Waals surface area contributed by atoms with Crippen LogP contribution in [0.25, 0.3) is 10.2 Å². The zero-order valence-electron chi connectivity index (χ0n) is 13.1. The number of hydrogen-bond acceptors (Lipinski definition) is 7. The van der Waals surface area contributed by atoms with Gasteiger partial charge in [-0.2, -0.15) is 0 Å². The molecule has 3 heterocycles. The molecule has 0 fully saturated rings. The Labute approximate surface area is 150 Å². The topological polar surface area (TPSA) is 93.3 Å².